The smallest absolute Gasteiger partial charge is 0.289 e. The van der Waals surface area contributed by atoms with Crippen LogP contribution in [0.1, 0.15) is 23.9 Å². The van der Waals surface area contributed by atoms with Crippen LogP contribution in [0.4, 0.5) is 0 Å². The fourth-order valence-electron chi connectivity index (χ4n) is 2.08. The number of furan rings is 1. The molecule has 0 bridgehead atoms. The lowest BCUT2D eigenvalue weighted by atomic mass is 10.2. The van der Waals surface area contributed by atoms with Gasteiger partial charge in [0.1, 0.15) is 0 Å². The Morgan fingerprint density at radius 3 is 2.59 bits per heavy atom. The van der Waals surface area contributed by atoms with Crippen LogP contribution in [-0.4, -0.2) is 48.4 Å². The normalized spacial score (nSPS) is 17.4. The van der Waals surface area contributed by atoms with Gasteiger partial charge in [0.15, 0.2) is 10.4 Å². The van der Waals surface area contributed by atoms with Crippen molar-refractivity contribution in [3.8, 4) is 0 Å². The molecule has 0 N–H and O–H groups in total. The molecule has 2 heterocycles. The first kappa shape index (κ1) is 12.6. The first-order chi connectivity index (χ1) is 8.20. The van der Waals surface area contributed by atoms with E-state index >= 15 is 0 Å². The zero-order valence-corrected chi connectivity index (χ0v) is 11.6. The van der Waals surface area contributed by atoms with Gasteiger partial charge < -0.3 is 9.32 Å². The third kappa shape index (κ3) is 3.10. The molecule has 0 radical (unpaired) electrons. The summed E-state index contributed by atoms with van der Waals surface area (Å²) in [6, 6.07) is 3.46. The van der Waals surface area contributed by atoms with Gasteiger partial charge in [0.2, 0.25) is 0 Å². The van der Waals surface area contributed by atoms with Gasteiger partial charge >= 0.3 is 0 Å². The molecule has 5 heteroatoms. The summed E-state index contributed by atoms with van der Waals surface area (Å²) < 4.78 is 5.89. The standard InChI is InChI=1S/C12H17BrN2O2/c1-2-5-14-6-8-15(9-7-14)12(16)10-3-4-11(13)17-10/h3-4H,2,5-9H2,1H3. The highest BCUT2D eigenvalue weighted by Gasteiger charge is 2.23. The van der Waals surface area contributed by atoms with E-state index in [0.717, 1.165) is 32.7 Å². The van der Waals surface area contributed by atoms with E-state index < -0.39 is 0 Å². The lowest BCUT2D eigenvalue weighted by Crippen LogP contribution is -2.48. The molecule has 1 aromatic rings. The van der Waals surface area contributed by atoms with Crippen molar-refractivity contribution in [2.75, 3.05) is 32.7 Å². The molecule has 0 spiro atoms. The molecule has 1 aromatic heterocycles. The molecule has 2 rings (SSSR count). The summed E-state index contributed by atoms with van der Waals surface area (Å²) in [5.41, 5.74) is 0. The molecule has 4 nitrogen and oxygen atoms in total. The summed E-state index contributed by atoms with van der Waals surface area (Å²) >= 11 is 3.21. The molecule has 0 unspecified atom stereocenters. The van der Waals surface area contributed by atoms with Gasteiger partial charge in [-0.1, -0.05) is 6.92 Å². The minimum atomic E-state index is -0.00755. The fraction of sp³-hybridized carbons (Fsp3) is 0.583. The van der Waals surface area contributed by atoms with Crippen molar-refractivity contribution in [3.63, 3.8) is 0 Å². The molecule has 1 amide bonds. The van der Waals surface area contributed by atoms with Crippen LogP contribution < -0.4 is 0 Å². The Labute approximate surface area is 110 Å². The van der Waals surface area contributed by atoms with Gasteiger partial charge in [-0.3, -0.25) is 9.69 Å². The van der Waals surface area contributed by atoms with Crippen molar-refractivity contribution < 1.29 is 9.21 Å². The number of nitrogens with zero attached hydrogens (tertiary/aromatic N) is 2. The molecular formula is C12H17BrN2O2. The van der Waals surface area contributed by atoms with Crippen molar-refractivity contribution in [1.29, 1.82) is 0 Å². The summed E-state index contributed by atoms with van der Waals surface area (Å²) in [6.07, 6.45) is 1.17. The van der Waals surface area contributed by atoms with Crippen molar-refractivity contribution in [3.05, 3.63) is 22.6 Å². The van der Waals surface area contributed by atoms with Crippen LogP contribution in [0.15, 0.2) is 21.2 Å². The fourth-order valence-corrected chi connectivity index (χ4v) is 2.38. The van der Waals surface area contributed by atoms with E-state index in [1.54, 1.807) is 12.1 Å². The van der Waals surface area contributed by atoms with Crippen LogP contribution in [-0.2, 0) is 0 Å². The van der Waals surface area contributed by atoms with E-state index in [1.165, 1.54) is 6.42 Å². The van der Waals surface area contributed by atoms with Crippen molar-refractivity contribution in [2.45, 2.75) is 13.3 Å². The largest absolute Gasteiger partial charge is 0.444 e. The monoisotopic (exact) mass is 300 g/mol. The molecule has 1 aliphatic rings. The number of amides is 1. The lowest BCUT2D eigenvalue weighted by molar-refractivity contribution is 0.0605. The van der Waals surface area contributed by atoms with E-state index in [1.807, 2.05) is 4.90 Å². The maximum absolute atomic E-state index is 12.1. The van der Waals surface area contributed by atoms with E-state index in [9.17, 15) is 4.79 Å². The second kappa shape index (κ2) is 5.69. The van der Waals surface area contributed by atoms with E-state index in [4.69, 9.17) is 4.42 Å². The highest BCUT2D eigenvalue weighted by molar-refractivity contribution is 9.10. The number of carbonyl (C=O) groups excluding carboxylic acids is 1. The van der Waals surface area contributed by atoms with Gasteiger partial charge in [-0.15, -0.1) is 0 Å². The van der Waals surface area contributed by atoms with Crippen LogP contribution in [0, 0.1) is 0 Å². The minimum Gasteiger partial charge on any atom is -0.444 e. The quantitative estimate of drug-likeness (QED) is 0.859. The first-order valence-electron chi connectivity index (χ1n) is 5.97. The Morgan fingerprint density at radius 1 is 1.35 bits per heavy atom. The average Bonchev–Trinajstić information content (AvgIpc) is 2.76. The second-order valence-corrected chi connectivity index (χ2v) is 5.02. The van der Waals surface area contributed by atoms with Gasteiger partial charge in [0.25, 0.3) is 5.91 Å². The van der Waals surface area contributed by atoms with Crippen LogP contribution in [0.25, 0.3) is 0 Å². The molecule has 0 aromatic carbocycles. The number of hydrogen-bond donors (Lipinski definition) is 0. The molecule has 94 valence electrons. The molecule has 0 atom stereocenters. The Hall–Kier alpha value is -0.810. The third-order valence-electron chi connectivity index (χ3n) is 2.98. The number of halogens is 1. The Morgan fingerprint density at radius 2 is 2.06 bits per heavy atom. The average molecular weight is 301 g/mol. The Balaban J connectivity index is 1.90. The molecule has 17 heavy (non-hydrogen) atoms. The highest BCUT2D eigenvalue weighted by atomic mass is 79.9. The Bertz CT molecular complexity index is 384. The lowest BCUT2D eigenvalue weighted by Gasteiger charge is -2.34. The Kier molecular flexibility index (Phi) is 4.23. The van der Waals surface area contributed by atoms with Crippen molar-refractivity contribution in [2.24, 2.45) is 0 Å². The number of carbonyl (C=O) groups is 1. The maximum Gasteiger partial charge on any atom is 0.289 e. The summed E-state index contributed by atoms with van der Waals surface area (Å²) in [5.74, 6) is 0.410. The van der Waals surface area contributed by atoms with Gasteiger partial charge in [0, 0.05) is 26.2 Å². The SMILES string of the molecule is CCCN1CCN(C(=O)c2ccc(Br)o2)CC1. The molecule has 1 aliphatic heterocycles. The molecular weight excluding hydrogens is 284 g/mol. The summed E-state index contributed by atoms with van der Waals surface area (Å²) in [6.45, 7) is 6.80. The van der Waals surface area contributed by atoms with Crippen molar-refractivity contribution >= 4 is 21.8 Å². The summed E-state index contributed by atoms with van der Waals surface area (Å²) in [5, 5.41) is 0. The first-order valence-corrected chi connectivity index (χ1v) is 6.77. The van der Waals surface area contributed by atoms with E-state index in [2.05, 4.69) is 27.8 Å². The predicted molar refractivity (Wildman–Crippen MR) is 69.0 cm³/mol. The zero-order valence-electron chi connectivity index (χ0n) is 9.99. The second-order valence-electron chi connectivity index (χ2n) is 4.24. The minimum absolute atomic E-state index is 0.00755. The van der Waals surface area contributed by atoms with E-state index in [-0.39, 0.29) is 5.91 Å². The highest BCUT2D eigenvalue weighted by Crippen LogP contribution is 2.16. The van der Waals surface area contributed by atoms with Gasteiger partial charge in [-0.25, -0.2) is 0 Å². The number of rotatable bonds is 3. The summed E-state index contributed by atoms with van der Waals surface area (Å²) in [4.78, 5) is 16.3. The third-order valence-corrected chi connectivity index (χ3v) is 3.41. The van der Waals surface area contributed by atoms with Crippen molar-refractivity contribution in [1.82, 2.24) is 9.80 Å². The topological polar surface area (TPSA) is 36.7 Å². The summed E-state index contributed by atoms with van der Waals surface area (Å²) in [7, 11) is 0. The molecule has 1 fully saturated rings. The number of piperazine rings is 1. The van der Waals surface area contributed by atoms with E-state index in [0.29, 0.717) is 10.4 Å². The molecule has 0 saturated carbocycles. The number of hydrogen-bond acceptors (Lipinski definition) is 3. The predicted octanol–water partition coefficient (Wildman–Crippen LogP) is 2.21. The molecule has 1 saturated heterocycles. The van der Waals surface area contributed by atoms with Gasteiger partial charge in [-0.05, 0) is 41.0 Å². The van der Waals surface area contributed by atoms with Gasteiger partial charge in [-0.2, -0.15) is 0 Å². The van der Waals surface area contributed by atoms with Gasteiger partial charge in [0.05, 0.1) is 0 Å². The van der Waals surface area contributed by atoms with Crippen LogP contribution in [0.5, 0.6) is 0 Å². The molecule has 0 aliphatic carbocycles. The van der Waals surface area contributed by atoms with Crippen LogP contribution in [0.3, 0.4) is 0 Å². The zero-order chi connectivity index (χ0) is 12.3. The maximum atomic E-state index is 12.1. The van der Waals surface area contributed by atoms with Crippen LogP contribution in [0.2, 0.25) is 0 Å². The van der Waals surface area contributed by atoms with Crippen LogP contribution >= 0.6 is 15.9 Å².